The van der Waals surface area contributed by atoms with E-state index in [0.29, 0.717) is 28.0 Å². The summed E-state index contributed by atoms with van der Waals surface area (Å²) in [4.78, 5) is 10.6. The van der Waals surface area contributed by atoms with Crippen molar-refractivity contribution in [3.63, 3.8) is 0 Å². The second kappa shape index (κ2) is 11.0. The zero-order chi connectivity index (χ0) is 37.0. The highest BCUT2D eigenvalue weighted by Gasteiger charge is 2.38. The summed E-state index contributed by atoms with van der Waals surface area (Å²) in [7, 11) is 0. The van der Waals surface area contributed by atoms with Gasteiger partial charge < -0.3 is 4.42 Å². The number of para-hydroxylation sites is 2. The van der Waals surface area contributed by atoms with Gasteiger partial charge in [-0.3, -0.25) is 4.57 Å². The second-order valence-electron chi connectivity index (χ2n) is 14.8. The van der Waals surface area contributed by atoms with Gasteiger partial charge in [-0.1, -0.05) is 114 Å². The van der Waals surface area contributed by atoms with Gasteiger partial charge in [0.25, 0.3) is 0 Å². The Morgan fingerprint density at radius 1 is 0.700 bits per heavy atom. The lowest BCUT2D eigenvalue weighted by molar-refractivity contribution is 0.637. The van der Waals surface area contributed by atoms with Gasteiger partial charge in [0.15, 0.2) is 5.58 Å². The van der Waals surface area contributed by atoms with Crippen molar-refractivity contribution in [2.45, 2.75) is 65.6 Å². The first-order valence-corrected chi connectivity index (χ1v) is 17.6. The average Bonchev–Trinajstić information content (AvgIpc) is 3.78. The molecule has 0 amide bonds. The maximum absolute atomic E-state index is 8.67. The Kier molecular flexibility index (Phi) is 6.03. The molecule has 0 spiro atoms. The quantitative estimate of drug-likeness (QED) is 0.185. The molecule has 50 heavy (non-hydrogen) atoms. The molecule has 3 heterocycles. The predicted molar refractivity (Wildman–Crippen MR) is 207 cm³/mol. The Morgan fingerprint density at radius 2 is 1.40 bits per heavy atom. The monoisotopic (exact) mass is 654 g/mol. The molecule has 246 valence electrons. The SMILES string of the molecule is [2H]C([2H])([2H])c1cccc2nc(-c3cccc4c3oc3cc5c(nc34)C(C)(C)c3ccccc3-5)n(-c3c(C(C)C)cc(-c4ccccc4)cc3C(C)C)c12. The van der Waals surface area contributed by atoms with Gasteiger partial charge in [0.1, 0.15) is 16.9 Å². The highest BCUT2D eigenvalue weighted by Crippen LogP contribution is 2.50. The number of furan rings is 1. The molecule has 8 aromatic rings. The summed E-state index contributed by atoms with van der Waals surface area (Å²) < 4.78 is 35.0. The summed E-state index contributed by atoms with van der Waals surface area (Å²) in [5.41, 5.74) is 14.2. The molecule has 1 aliphatic rings. The van der Waals surface area contributed by atoms with E-state index in [9.17, 15) is 0 Å². The second-order valence-corrected chi connectivity index (χ2v) is 14.8. The number of aromatic nitrogens is 3. The molecular formula is C46H41N3O. The van der Waals surface area contributed by atoms with E-state index in [1.54, 1.807) is 12.1 Å². The third-order valence-corrected chi connectivity index (χ3v) is 10.6. The number of fused-ring (bicyclic) bond motifs is 7. The fourth-order valence-electron chi connectivity index (χ4n) is 8.10. The van der Waals surface area contributed by atoms with E-state index in [1.165, 1.54) is 11.1 Å². The molecule has 0 unspecified atom stereocenters. The van der Waals surface area contributed by atoms with Crippen molar-refractivity contribution < 1.29 is 8.53 Å². The summed E-state index contributed by atoms with van der Waals surface area (Å²) in [6.45, 7) is 10.9. The van der Waals surface area contributed by atoms with E-state index in [0.717, 1.165) is 55.7 Å². The number of benzene rings is 5. The summed E-state index contributed by atoms with van der Waals surface area (Å²) >= 11 is 0. The Labute approximate surface area is 297 Å². The molecule has 3 aromatic heterocycles. The molecule has 9 rings (SSSR count). The molecule has 0 bridgehead atoms. The standard InChI is InChI=1S/C46H41N3O/c1-26(2)34-23-30(29-16-9-8-10-17-29)24-35(27(3)4)42(34)49-41-28(5)15-13-22-38(41)47-45(49)33-20-14-19-32-40-39(50-43(32)33)25-36-31-18-11-12-21-37(31)46(6,7)44(36)48-40/h8-27H,1-7H3/i5D3. The minimum Gasteiger partial charge on any atom is -0.454 e. The first kappa shape index (κ1) is 27.4. The van der Waals surface area contributed by atoms with E-state index in [-0.39, 0.29) is 22.8 Å². The van der Waals surface area contributed by atoms with Crippen LogP contribution >= 0.6 is 0 Å². The van der Waals surface area contributed by atoms with Crippen LogP contribution in [0.2, 0.25) is 0 Å². The number of rotatable bonds is 5. The number of nitrogens with zero attached hydrogens (tertiary/aromatic N) is 3. The molecule has 5 aromatic carbocycles. The van der Waals surface area contributed by atoms with Gasteiger partial charge in [-0.2, -0.15) is 0 Å². The summed E-state index contributed by atoms with van der Waals surface area (Å²) in [6, 6.07) is 37.2. The van der Waals surface area contributed by atoms with E-state index >= 15 is 0 Å². The van der Waals surface area contributed by atoms with Crippen molar-refractivity contribution in [1.82, 2.24) is 14.5 Å². The number of pyridine rings is 1. The van der Waals surface area contributed by atoms with Crippen LogP contribution < -0.4 is 0 Å². The van der Waals surface area contributed by atoms with Crippen LogP contribution in [0.5, 0.6) is 0 Å². The largest absolute Gasteiger partial charge is 0.454 e. The Bertz CT molecular complexity index is 2720. The van der Waals surface area contributed by atoms with E-state index in [2.05, 4.69) is 119 Å². The molecule has 0 fully saturated rings. The molecule has 0 aliphatic heterocycles. The lowest BCUT2D eigenvalue weighted by Crippen LogP contribution is -2.16. The van der Waals surface area contributed by atoms with Crippen LogP contribution in [0.1, 0.15) is 85.4 Å². The van der Waals surface area contributed by atoms with E-state index in [4.69, 9.17) is 18.5 Å². The maximum Gasteiger partial charge on any atom is 0.154 e. The highest BCUT2D eigenvalue weighted by molar-refractivity contribution is 6.09. The minimum atomic E-state index is -2.37. The third kappa shape index (κ3) is 4.37. The topological polar surface area (TPSA) is 43.9 Å². The van der Waals surface area contributed by atoms with E-state index in [1.807, 2.05) is 24.3 Å². The predicted octanol–water partition coefficient (Wildman–Crippen LogP) is 12.5. The van der Waals surface area contributed by atoms with Crippen LogP contribution in [0.3, 0.4) is 0 Å². The van der Waals surface area contributed by atoms with Crippen LogP contribution in [0.15, 0.2) is 114 Å². The number of imidazole rings is 1. The summed E-state index contributed by atoms with van der Waals surface area (Å²) in [5.74, 6) is 0.878. The number of hydrogen-bond acceptors (Lipinski definition) is 3. The Hall–Kier alpha value is -5.48. The summed E-state index contributed by atoms with van der Waals surface area (Å²) in [6.07, 6.45) is 0. The molecule has 0 saturated heterocycles. The van der Waals surface area contributed by atoms with Gasteiger partial charge in [-0.15, -0.1) is 0 Å². The highest BCUT2D eigenvalue weighted by atomic mass is 16.3. The zero-order valence-corrected chi connectivity index (χ0v) is 29.3. The lowest BCUT2D eigenvalue weighted by Gasteiger charge is -2.24. The van der Waals surface area contributed by atoms with Gasteiger partial charge >= 0.3 is 0 Å². The molecule has 1 aliphatic carbocycles. The van der Waals surface area contributed by atoms with Gasteiger partial charge in [-0.25, -0.2) is 9.97 Å². The minimum absolute atomic E-state index is 0.121. The van der Waals surface area contributed by atoms with Gasteiger partial charge in [0, 0.05) is 20.5 Å². The van der Waals surface area contributed by atoms with Crippen molar-refractivity contribution >= 4 is 33.1 Å². The molecule has 0 radical (unpaired) electrons. The van der Waals surface area contributed by atoms with Crippen molar-refractivity contribution in [1.29, 1.82) is 0 Å². The van der Waals surface area contributed by atoms with E-state index < -0.39 is 6.85 Å². The molecule has 0 atom stereocenters. The van der Waals surface area contributed by atoms with Crippen molar-refractivity contribution in [2.75, 3.05) is 0 Å². The van der Waals surface area contributed by atoms with Gasteiger partial charge in [0.05, 0.1) is 28.0 Å². The molecule has 0 N–H and O–H groups in total. The molecule has 4 nitrogen and oxygen atoms in total. The molecule has 4 heteroatoms. The third-order valence-electron chi connectivity index (χ3n) is 10.6. The van der Waals surface area contributed by atoms with Gasteiger partial charge in [-0.05, 0) is 94.0 Å². The van der Waals surface area contributed by atoms with Crippen molar-refractivity contribution in [3.8, 4) is 39.3 Å². The fourth-order valence-corrected chi connectivity index (χ4v) is 8.10. The van der Waals surface area contributed by atoms with Crippen molar-refractivity contribution in [3.05, 3.63) is 137 Å². The Balaban J connectivity index is 1.38. The van der Waals surface area contributed by atoms with Gasteiger partial charge in [0.2, 0.25) is 0 Å². The lowest BCUT2D eigenvalue weighted by atomic mass is 9.85. The molecule has 0 saturated carbocycles. The first-order chi connectivity index (χ1) is 25.3. The molecular weight excluding hydrogens is 611 g/mol. The van der Waals surface area contributed by atoms with Crippen molar-refractivity contribution in [2.24, 2.45) is 0 Å². The number of hydrogen-bond donors (Lipinski definition) is 0. The van der Waals surface area contributed by atoms with Crippen LogP contribution in [0.25, 0.3) is 72.4 Å². The smallest absolute Gasteiger partial charge is 0.154 e. The first-order valence-electron chi connectivity index (χ1n) is 19.1. The summed E-state index contributed by atoms with van der Waals surface area (Å²) in [5, 5.41) is 0.897. The average molecular weight is 655 g/mol. The maximum atomic E-state index is 8.67. The van der Waals surface area contributed by atoms with Crippen LogP contribution in [-0.4, -0.2) is 14.5 Å². The fraction of sp³-hybridized carbons (Fsp3) is 0.217. The Morgan fingerprint density at radius 3 is 2.14 bits per heavy atom. The van der Waals surface area contributed by atoms with Crippen LogP contribution in [0.4, 0.5) is 0 Å². The number of aryl methyl sites for hydroxylation is 1. The van der Waals surface area contributed by atoms with Crippen LogP contribution in [0, 0.1) is 6.85 Å². The zero-order valence-electron chi connectivity index (χ0n) is 32.3. The van der Waals surface area contributed by atoms with Crippen LogP contribution in [-0.2, 0) is 5.41 Å². The normalized spacial score (nSPS) is 14.8.